The predicted molar refractivity (Wildman–Crippen MR) is 95.2 cm³/mol. The Bertz CT molecular complexity index is 891. The molecule has 1 aromatic heterocycles. The number of aromatic nitrogens is 2. The minimum absolute atomic E-state index is 0.0525. The van der Waals surface area contributed by atoms with Gasteiger partial charge in [-0.1, -0.05) is 12.1 Å². The third-order valence-corrected chi connectivity index (χ3v) is 4.95. The van der Waals surface area contributed by atoms with Gasteiger partial charge in [-0.15, -0.1) is 11.8 Å². The fraction of sp³-hybridized carbons (Fsp3) is 0.222. The van der Waals surface area contributed by atoms with Crippen molar-refractivity contribution >= 4 is 28.8 Å². The van der Waals surface area contributed by atoms with E-state index in [1.165, 1.54) is 11.8 Å². The van der Waals surface area contributed by atoms with Crippen LogP contribution in [0.5, 0.6) is 17.2 Å². The molecule has 0 spiro atoms. The van der Waals surface area contributed by atoms with Crippen molar-refractivity contribution in [2.75, 3.05) is 12.5 Å². The van der Waals surface area contributed by atoms with Crippen molar-refractivity contribution in [3.8, 4) is 17.2 Å². The lowest BCUT2D eigenvalue weighted by Gasteiger charge is -2.08. The molecule has 0 aliphatic carbocycles. The second-order valence-corrected chi connectivity index (χ2v) is 6.91. The molecule has 6 nitrogen and oxygen atoms in total. The van der Waals surface area contributed by atoms with E-state index in [4.69, 9.17) is 14.2 Å². The number of benzene rings is 2. The Morgan fingerprint density at radius 3 is 3.00 bits per heavy atom. The van der Waals surface area contributed by atoms with Crippen molar-refractivity contribution in [2.45, 2.75) is 12.2 Å². The fourth-order valence-electron chi connectivity index (χ4n) is 2.54. The van der Waals surface area contributed by atoms with Crippen LogP contribution >= 0.6 is 11.8 Å². The number of ether oxygens (including phenoxy) is 3. The molecule has 0 saturated heterocycles. The number of carbonyl (C=O) groups is 1. The lowest BCUT2D eigenvalue weighted by atomic mass is 10.3. The van der Waals surface area contributed by atoms with Crippen molar-refractivity contribution in [1.29, 1.82) is 0 Å². The van der Waals surface area contributed by atoms with Gasteiger partial charge in [0.2, 0.25) is 6.79 Å². The molecule has 1 atom stereocenters. The molecule has 2 aromatic carbocycles. The van der Waals surface area contributed by atoms with Crippen LogP contribution < -0.4 is 14.2 Å². The van der Waals surface area contributed by atoms with Crippen molar-refractivity contribution in [3.63, 3.8) is 0 Å². The van der Waals surface area contributed by atoms with Gasteiger partial charge in [0.25, 0.3) is 0 Å². The molecule has 2 heterocycles. The molecular formula is C18H16N2O4S. The Balaban J connectivity index is 1.35. The molecule has 0 saturated carbocycles. The molecule has 3 aromatic rings. The van der Waals surface area contributed by atoms with Gasteiger partial charge in [-0.3, -0.25) is 4.79 Å². The Hall–Kier alpha value is -2.67. The highest BCUT2D eigenvalue weighted by molar-refractivity contribution is 8.00. The molecule has 0 bridgehead atoms. The van der Waals surface area contributed by atoms with Crippen molar-refractivity contribution < 1.29 is 19.0 Å². The number of carbonyl (C=O) groups excluding carboxylic acids is 1. The lowest BCUT2D eigenvalue weighted by Crippen LogP contribution is -2.11. The summed E-state index contributed by atoms with van der Waals surface area (Å²) in [4.78, 5) is 19.9. The van der Waals surface area contributed by atoms with Crippen molar-refractivity contribution in [1.82, 2.24) is 9.97 Å². The van der Waals surface area contributed by atoms with E-state index in [0.29, 0.717) is 17.2 Å². The summed E-state index contributed by atoms with van der Waals surface area (Å²) in [7, 11) is 0. The van der Waals surface area contributed by atoms with E-state index in [1.807, 2.05) is 31.2 Å². The summed E-state index contributed by atoms with van der Waals surface area (Å²) >= 11 is 1.47. The number of fused-ring (bicyclic) bond motifs is 2. The maximum atomic E-state index is 12.1. The lowest BCUT2D eigenvalue weighted by molar-refractivity contribution is -0.131. The number of H-pyrrole nitrogens is 1. The molecular weight excluding hydrogens is 340 g/mol. The third kappa shape index (κ3) is 3.41. The molecule has 1 N–H and O–H groups in total. The number of nitrogens with one attached hydrogen (secondary N) is 1. The van der Waals surface area contributed by atoms with Gasteiger partial charge in [0, 0.05) is 6.07 Å². The van der Waals surface area contributed by atoms with E-state index in [9.17, 15) is 4.79 Å². The summed E-state index contributed by atoms with van der Waals surface area (Å²) in [6.07, 6.45) is 0. The minimum Gasteiger partial charge on any atom is -0.454 e. The Labute approximate surface area is 148 Å². The van der Waals surface area contributed by atoms with E-state index in [2.05, 4.69) is 9.97 Å². The summed E-state index contributed by atoms with van der Waals surface area (Å²) in [6.45, 7) is 2.20. The van der Waals surface area contributed by atoms with Gasteiger partial charge in [0.05, 0.1) is 22.0 Å². The van der Waals surface area contributed by atoms with E-state index in [1.54, 1.807) is 18.2 Å². The number of esters is 1. The number of nitrogens with zero attached hydrogens (tertiary/aromatic N) is 1. The quantitative estimate of drug-likeness (QED) is 0.555. The SMILES string of the molecule is C[C@@H](SCC(=O)Oc1ccc2c(c1)OCO2)c1nc2ccccc2[nH]1. The molecule has 4 rings (SSSR count). The average molecular weight is 356 g/mol. The number of thioether (sulfide) groups is 1. The van der Waals surface area contributed by atoms with Crippen LogP contribution in [0.4, 0.5) is 0 Å². The summed E-state index contributed by atoms with van der Waals surface area (Å²) in [5.74, 6) is 2.47. The highest BCUT2D eigenvalue weighted by atomic mass is 32.2. The molecule has 25 heavy (non-hydrogen) atoms. The maximum Gasteiger partial charge on any atom is 0.321 e. The predicted octanol–water partition coefficient (Wildman–Crippen LogP) is 3.69. The van der Waals surface area contributed by atoms with Crippen LogP contribution in [-0.2, 0) is 4.79 Å². The number of imidazole rings is 1. The maximum absolute atomic E-state index is 12.1. The summed E-state index contributed by atoms with van der Waals surface area (Å²) in [5, 5.41) is 0.0525. The van der Waals surface area contributed by atoms with E-state index >= 15 is 0 Å². The first kappa shape index (κ1) is 15.8. The smallest absolute Gasteiger partial charge is 0.321 e. The zero-order valence-corrected chi connectivity index (χ0v) is 14.3. The van der Waals surface area contributed by atoms with Gasteiger partial charge >= 0.3 is 5.97 Å². The highest BCUT2D eigenvalue weighted by Gasteiger charge is 2.17. The summed E-state index contributed by atoms with van der Waals surface area (Å²) in [5.41, 5.74) is 1.92. The first-order chi connectivity index (χ1) is 12.2. The average Bonchev–Trinajstić information content (AvgIpc) is 3.25. The minimum atomic E-state index is -0.313. The second kappa shape index (κ2) is 6.68. The Morgan fingerprint density at radius 1 is 1.28 bits per heavy atom. The first-order valence-corrected chi connectivity index (χ1v) is 8.90. The summed E-state index contributed by atoms with van der Waals surface area (Å²) in [6, 6.07) is 12.9. The van der Waals surface area contributed by atoms with Gasteiger partial charge in [-0.05, 0) is 31.2 Å². The van der Waals surface area contributed by atoms with Crippen LogP contribution in [0.1, 0.15) is 18.0 Å². The second-order valence-electron chi connectivity index (χ2n) is 5.58. The number of para-hydroxylation sites is 2. The van der Waals surface area contributed by atoms with Crippen molar-refractivity contribution in [2.24, 2.45) is 0 Å². The van der Waals surface area contributed by atoms with Crippen LogP contribution in [0.15, 0.2) is 42.5 Å². The standard InChI is InChI=1S/C18H16N2O4S/c1-11(18-19-13-4-2-3-5-14(13)20-18)25-9-17(21)24-12-6-7-15-16(8-12)23-10-22-15/h2-8,11H,9-10H2,1H3,(H,19,20)/t11-/m1/s1. The number of hydrogen-bond acceptors (Lipinski definition) is 6. The normalized spacial score (nSPS) is 13.8. The number of rotatable bonds is 5. The molecule has 0 amide bonds. The van der Waals surface area contributed by atoms with E-state index in [0.717, 1.165) is 16.9 Å². The molecule has 0 unspecified atom stereocenters. The molecule has 128 valence electrons. The zero-order chi connectivity index (χ0) is 17.2. The van der Waals surface area contributed by atoms with Gasteiger partial charge in [0.15, 0.2) is 11.5 Å². The van der Waals surface area contributed by atoms with Crippen LogP contribution in [0.2, 0.25) is 0 Å². The molecule has 1 aliphatic heterocycles. The monoisotopic (exact) mass is 356 g/mol. The molecule has 0 fully saturated rings. The number of hydrogen-bond donors (Lipinski definition) is 1. The number of aromatic amines is 1. The fourth-order valence-corrected chi connectivity index (χ4v) is 3.25. The van der Waals surface area contributed by atoms with Gasteiger partial charge in [0.1, 0.15) is 11.6 Å². The zero-order valence-electron chi connectivity index (χ0n) is 13.5. The van der Waals surface area contributed by atoms with E-state index in [-0.39, 0.29) is 23.8 Å². The Kier molecular flexibility index (Phi) is 4.23. The topological polar surface area (TPSA) is 73.4 Å². The van der Waals surface area contributed by atoms with Crippen molar-refractivity contribution in [3.05, 3.63) is 48.3 Å². The van der Waals surface area contributed by atoms with Gasteiger partial charge < -0.3 is 19.2 Å². The van der Waals surface area contributed by atoms with Crippen LogP contribution in [0.3, 0.4) is 0 Å². The highest BCUT2D eigenvalue weighted by Crippen LogP contribution is 2.35. The van der Waals surface area contributed by atoms with Gasteiger partial charge in [-0.25, -0.2) is 4.98 Å². The Morgan fingerprint density at radius 2 is 2.12 bits per heavy atom. The van der Waals surface area contributed by atoms with E-state index < -0.39 is 0 Å². The molecule has 0 radical (unpaired) electrons. The largest absolute Gasteiger partial charge is 0.454 e. The van der Waals surface area contributed by atoms with Crippen LogP contribution in [0, 0.1) is 0 Å². The third-order valence-electron chi connectivity index (χ3n) is 3.82. The summed E-state index contributed by atoms with van der Waals surface area (Å²) < 4.78 is 15.9. The molecule has 1 aliphatic rings. The van der Waals surface area contributed by atoms with Gasteiger partial charge in [-0.2, -0.15) is 0 Å². The first-order valence-electron chi connectivity index (χ1n) is 7.85. The van der Waals surface area contributed by atoms with Crippen LogP contribution in [0.25, 0.3) is 11.0 Å². The van der Waals surface area contributed by atoms with Crippen LogP contribution in [-0.4, -0.2) is 28.5 Å². The molecule has 7 heteroatoms.